The third kappa shape index (κ3) is 5.34. The van der Waals surface area contributed by atoms with Crippen molar-refractivity contribution in [3.05, 3.63) is 78.0 Å². The Morgan fingerprint density at radius 2 is 1.96 bits per heavy atom. The van der Waals surface area contributed by atoms with E-state index in [0.29, 0.717) is 19.7 Å². The van der Waals surface area contributed by atoms with Crippen molar-refractivity contribution in [2.45, 2.75) is 33.0 Å². The molecule has 0 aliphatic rings. The zero-order valence-corrected chi connectivity index (χ0v) is 15.9. The Kier molecular flexibility index (Phi) is 6.88. The maximum atomic E-state index is 6.01. The fourth-order valence-corrected chi connectivity index (χ4v) is 3.00. The molecule has 0 aliphatic carbocycles. The van der Waals surface area contributed by atoms with Gasteiger partial charge in [0.2, 0.25) is 0 Å². The van der Waals surface area contributed by atoms with Crippen LogP contribution in [-0.4, -0.2) is 23.6 Å². The Balaban J connectivity index is 1.84. The van der Waals surface area contributed by atoms with Crippen LogP contribution < -0.4 is 9.47 Å². The number of pyridine rings is 1. The molecule has 2 aromatic heterocycles. The number of para-hydroxylation sites is 1. The summed E-state index contributed by atoms with van der Waals surface area (Å²) in [5.41, 5.74) is 2.25. The normalized spacial score (nSPS) is 10.9. The standard InChI is InChI=1S/C22H26N2O3/c1-3-12-27-22-19(8-4-10-21(22)25-2)16-24(17-20-9-6-13-26-20)15-18-7-5-11-23-14-18/h4-11,13-14H,3,12,15-17H2,1-2H3. The van der Waals surface area contributed by atoms with Crippen molar-refractivity contribution in [3.8, 4) is 11.5 Å². The Labute approximate surface area is 160 Å². The van der Waals surface area contributed by atoms with Gasteiger partial charge in [0.1, 0.15) is 5.76 Å². The van der Waals surface area contributed by atoms with Crippen LogP contribution in [0.1, 0.15) is 30.2 Å². The second-order valence-electron chi connectivity index (χ2n) is 6.38. The monoisotopic (exact) mass is 366 g/mol. The number of hydrogen-bond acceptors (Lipinski definition) is 5. The van der Waals surface area contributed by atoms with Crippen LogP contribution in [0.2, 0.25) is 0 Å². The van der Waals surface area contributed by atoms with E-state index in [4.69, 9.17) is 13.9 Å². The SMILES string of the molecule is CCCOc1c(CN(Cc2cccnc2)Cc2ccco2)cccc1OC. The van der Waals surface area contributed by atoms with Gasteiger partial charge in [0, 0.05) is 31.0 Å². The maximum absolute atomic E-state index is 6.01. The summed E-state index contributed by atoms with van der Waals surface area (Å²) >= 11 is 0. The van der Waals surface area contributed by atoms with Crippen molar-refractivity contribution in [2.24, 2.45) is 0 Å². The lowest BCUT2D eigenvalue weighted by Gasteiger charge is -2.23. The molecule has 0 bridgehead atoms. The van der Waals surface area contributed by atoms with Gasteiger partial charge in [-0.25, -0.2) is 0 Å². The van der Waals surface area contributed by atoms with Crippen LogP contribution in [0.5, 0.6) is 11.5 Å². The number of benzene rings is 1. The minimum Gasteiger partial charge on any atom is -0.493 e. The highest BCUT2D eigenvalue weighted by molar-refractivity contribution is 5.46. The fraction of sp³-hybridized carbons (Fsp3) is 0.318. The van der Waals surface area contributed by atoms with E-state index < -0.39 is 0 Å². The van der Waals surface area contributed by atoms with Crippen molar-refractivity contribution in [3.63, 3.8) is 0 Å². The zero-order chi connectivity index (χ0) is 18.9. The van der Waals surface area contributed by atoms with Crippen molar-refractivity contribution in [1.29, 1.82) is 0 Å². The van der Waals surface area contributed by atoms with E-state index in [-0.39, 0.29) is 0 Å². The highest BCUT2D eigenvalue weighted by atomic mass is 16.5. The molecule has 3 aromatic rings. The summed E-state index contributed by atoms with van der Waals surface area (Å²) in [6, 6.07) is 14.0. The van der Waals surface area contributed by atoms with Gasteiger partial charge in [0.25, 0.3) is 0 Å². The second-order valence-corrected chi connectivity index (χ2v) is 6.38. The smallest absolute Gasteiger partial charge is 0.165 e. The van der Waals surface area contributed by atoms with Gasteiger partial charge in [-0.3, -0.25) is 9.88 Å². The minimum atomic E-state index is 0.661. The number of rotatable bonds is 10. The molecule has 27 heavy (non-hydrogen) atoms. The van der Waals surface area contributed by atoms with E-state index in [0.717, 1.165) is 41.4 Å². The quantitative estimate of drug-likeness (QED) is 0.522. The van der Waals surface area contributed by atoms with Gasteiger partial charge < -0.3 is 13.9 Å². The predicted molar refractivity (Wildman–Crippen MR) is 105 cm³/mol. The maximum Gasteiger partial charge on any atom is 0.165 e. The summed E-state index contributed by atoms with van der Waals surface area (Å²) in [6.45, 7) is 4.94. The Morgan fingerprint density at radius 3 is 2.67 bits per heavy atom. The molecule has 142 valence electrons. The van der Waals surface area contributed by atoms with E-state index in [2.05, 4.69) is 28.9 Å². The van der Waals surface area contributed by atoms with Gasteiger partial charge in [-0.2, -0.15) is 0 Å². The molecule has 2 heterocycles. The molecule has 0 amide bonds. The first kappa shape index (κ1) is 19.0. The predicted octanol–water partition coefficient (Wildman–Crippen LogP) is 4.67. The molecular weight excluding hydrogens is 340 g/mol. The third-order valence-electron chi connectivity index (χ3n) is 4.21. The third-order valence-corrected chi connectivity index (χ3v) is 4.21. The summed E-state index contributed by atoms with van der Waals surface area (Å²) in [5.74, 6) is 2.51. The summed E-state index contributed by atoms with van der Waals surface area (Å²) in [7, 11) is 1.67. The number of ether oxygens (including phenoxy) is 2. The highest BCUT2D eigenvalue weighted by Gasteiger charge is 2.16. The lowest BCUT2D eigenvalue weighted by Crippen LogP contribution is -2.22. The highest BCUT2D eigenvalue weighted by Crippen LogP contribution is 2.32. The molecule has 5 heteroatoms. The van der Waals surface area contributed by atoms with Gasteiger partial charge in [-0.05, 0) is 36.2 Å². The molecule has 0 fully saturated rings. The molecule has 0 saturated heterocycles. The first-order chi connectivity index (χ1) is 13.3. The molecular formula is C22H26N2O3. The van der Waals surface area contributed by atoms with Crippen LogP contribution in [0.3, 0.4) is 0 Å². The fourth-order valence-electron chi connectivity index (χ4n) is 3.00. The van der Waals surface area contributed by atoms with E-state index in [1.165, 1.54) is 0 Å². The molecule has 1 aromatic carbocycles. The van der Waals surface area contributed by atoms with Crippen LogP contribution in [0, 0.1) is 0 Å². The summed E-state index contributed by atoms with van der Waals surface area (Å²) in [4.78, 5) is 6.54. The van der Waals surface area contributed by atoms with Gasteiger partial charge >= 0.3 is 0 Å². The average molecular weight is 366 g/mol. The summed E-state index contributed by atoms with van der Waals surface area (Å²) in [6.07, 6.45) is 6.34. The Hall–Kier alpha value is -2.79. The van der Waals surface area contributed by atoms with Crippen LogP contribution in [-0.2, 0) is 19.6 Å². The van der Waals surface area contributed by atoms with Gasteiger partial charge in [-0.15, -0.1) is 0 Å². The van der Waals surface area contributed by atoms with Crippen LogP contribution in [0.25, 0.3) is 0 Å². The summed E-state index contributed by atoms with van der Waals surface area (Å²) in [5, 5.41) is 0. The van der Waals surface area contributed by atoms with E-state index in [1.807, 2.05) is 36.5 Å². The first-order valence-corrected chi connectivity index (χ1v) is 9.22. The van der Waals surface area contributed by atoms with E-state index in [9.17, 15) is 0 Å². The molecule has 0 N–H and O–H groups in total. The lowest BCUT2D eigenvalue weighted by atomic mass is 10.1. The number of aromatic nitrogens is 1. The van der Waals surface area contributed by atoms with Gasteiger partial charge in [0.05, 0.1) is 26.5 Å². The van der Waals surface area contributed by atoms with Crippen molar-refractivity contribution >= 4 is 0 Å². The first-order valence-electron chi connectivity index (χ1n) is 9.22. The molecule has 5 nitrogen and oxygen atoms in total. The zero-order valence-electron chi connectivity index (χ0n) is 15.9. The van der Waals surface area contributed by atoms with Crippen LogP contribution in [0.15, 0.2) is 65.5 Å². The minimum absolute atomic E-state index is 0.661. The van der Waals surface area contributed by atoms with E-state index in [1.54, 1.807) is 19.6 Å². The number of furan rings is 1. The molecule has 0 radical (unpaired) electrons. The lowest BCUT2D eigenvalue weighted by molar-refractivity contribution is 0.219. The Bertz CT molecular complexity index is 804. The summed E-state index contributed by atoms with van der Waals surface area (Å²) < 4.78 is 17.1. The Morgan fingerprint density at radius 1 is 1.04 bits per heavy atom. The van der Waals surface area contributed by atoms with Crippen molar-refractivity contribution in [2.75, 3.05) is 13.7 Å². The molecule has 0 unspecified atom stereocenters. The molecule has 3 rings (SSSR count). The number of nitrogens with zero attached hydrogens (tertiary/aromatic N) is 2. The second kappa shape index (κ2) is 9.78. The van der Waals surface area contributed by atoms with Crippen LogP contribution in [0.4, 0.5) is 0 Å². The molecule has 0 saturated carbocycles. The number of hydrogen-bond donors (Lipinski definition) is 0. The van der Waals surface area contributed by atoms with Crippen molar-refractivity contribution < 1.29 is 13.9 Å². The van der Waals surface area contributed by atoms with Crippen molar-refractivity contribution in [1.82, 2.24) is 9.88 Å². The number of methoxy groups -OCH3 is 1. The largest absolute Gasteiger partial charge is 0.493 e. The average Bonchev–Trinajstić information content (AvgIpc) is 3.20. The molecule has 0 atom stereocenters. The molecule has 0 spiro atoms. The topological polar surface area (TPSA) is 47.7 Å². The van der Waals surface area contributed by atoms with E-state index >= 15 is 0 Å². The van der Waals surface area contributed by atoms with Gasteiger partial charge in [-0.1, -0.05) is 25.1 Å². The van der Waals surface area contributed by atoms with Crippen LogP contribution >= 0.6 is 0 Å². The van der Waals surface area contributed by atoms with Gasteiger partial charge in [0.15, 0.2) is 11.5 Å². The molecule has 0 aliphatic heterocycles.